The van der Waals surface area contributed by atoms with Gasteiger partial charge in [0.15, 0.2) is 0 Å². The highest BCUT2D eigenvalue weighted by atomic mass is 35.5. The monoisotopic (exact) mass is 499 g/mol. The zero-order valence-electron chi connectivity index (χ0n) is 18.7. The van der Waals surface area contributed by atoms with Gasteiger partial charge in [0.1, 0.15) is 5.82 Å². The molecule has 2 fully saturated rings. The van der Waals surface area contributed by atoms with E-state index in [-0.39, 0.29) is 23.1 Å². The number of nitrogens with zero attached hydrogens (tertiary/aromatic N) is 3. The third-order valence-corrected chi connectivity index (χ3v) is 7.35. The Hall–Kier alpha value is -2.51. The molecule has 3 aromatic rings. The Kier molecular flexibility index (Phi) is 6.58. The van der Waals surface area contributed by atoms with Crippen molar-refractivity contribution in [1.82, 2.24) is 14.8 Å². The third-order valence-electron chi connectivity index (χ3n) is 6.66. The number of hydrogen-bond donors (Lipinski definition) is 0. The van der Waals surface area contributed by atoms with Crippen LogP contribution in [0.15, 0.2) is 54.9 Å². The second-order valence-electron chi connectivity index (χ2n) is 8.75. The Balaban J connectivity index is 1.30. The minimum Gasteiger partial charge on any atom is -0.370 e. The van der Waals surface area contributed by atoms with Crippen LogP contribution in [-0.4, -0.2) is 59.5 Å². The van der Waals surface area contributed by atoms with E-state index in [0.29, 0.717) is 36.8 Å². The fraction of sp³-hybridized carbons (Fsp3) is 0.308. The highest BCUT2D eigenvalue weighted by Crippen LogP contribution is 2.34. The summed E-state index contributed by atoms with van der Waals surface area (Å²) >= 11 is 12.7. The van der Waals surface area contributed by atoms with Crippen molar-refractivity contribution < 1.29 is 13.9 Å². The number of amides is 1. The molecule has 8 heteroatoms. The van der Waals surface area contributed by atoms with Crippen LogP contribution >= 0.6 is 23.2 Å². The van der Waals surface area contributed by atoms with Crippen LogP contribution in [0.2, 0.25) is 10.0 Å². The number of halogens is 3. The van der Waals surface area contributed by atoms with E-state index < -0.39 is 5.82 Å². The predicted molar refractivity (Wildman–Crippen MR) is 131 cm³/mol. The number of ether oxygens (including phenoxy) is 1. The molecule has 2 saturated heterocycles. The van der Waals surface area contributed by atoms with Gasteiger partial charge in [0.05, 0.1) is 34.4 Å². The quantitative estimate of drug-likeness (QED) is 0.483. The summed E-state index contributed by atoms with van der Waals surface area (Å²) in [6.07, 6.45) is 3.33. The van der Waals surface area contributed by atoms with E-state index in [1.165, 1.54) is 6.07 Å². The number of piperazine rings is 1. The lowest BCUT2D eigenvalue weighted by molar-refractivity contribution is -0.0858. The number of hydrogen-bond acceptors (Lipinski definition) is 4. The first-order chi connectivity index (χ1) is 16.4. The van der Waals surface area contributed by atoms with E-state index in [2.05, 4.69) is 9.88 Å². The number of fused-ring (bicyclic) bond motifs is 1. The SMILES string of the molecule is Cc1ccncc1-c1cccc(C(=O)N2CCN3C[C@@H](c4ccc(F)c(Cl)c4)OC[C@@H]3C2)c1Cl. The molecule has 0 spiro atoms. The number of pyridine rings is 1. The van der Waals surface area contributed by atoms with Gasteiger partial charge in [-0.2, -0.15) is 0 Å². The maximum absolute atomic E-state index is 13.5. The van der Waals surface area contributed by atoms with Crippen molar-refractivity contribution in [3.05, 3.63) is 87.4 Å². The molecule has 0 saturated carbocycles. The lowest BCUT2D eigenvalue weighted by atomic mass is 9.99. The first kappa shape index (κ1) is 23.2. The molecule has 0 bridgehead atoms. The van der Waals surface area contributed by atoms with Gasteiger partial charge in [0.2, 0.25) is 0 Å². The molecule has 3 heterocycles. The molecule has 1 aromatic heterocycles. The van der Waals surface area contributed by atoms with Gasteiger partial charge in [-0.15, -0.1) is 0 Å². The summed E-state index contributed by atoms with van der Waals surface area (Å²) in [7, 11) is 0. The van der Waals surface area contributed by atoms with Crippen LogP contribution in [0.3, 0.4) is 0 Å². The summed E-state index contributed by atoms with van der Waals surface area (Å²) < 4.78 is 19.6. The first-order valence-electron chi connectivity index (χ1n) is 11.2. The van der Waals surface area contributed by atoms with Crippen molar-refractivity contribution in [2.75, 3.05) is 32.8 Å². The van der Waals surface area contributed by atoms with Crippen LogP contribution in [-0.2, 0) is 4.74 Å². The van der Waals surface area contributed by atoms with Crippen LogP contribution in [0.1, 0.15) is 27.6 Å². The number of aryl methyl sites for hydroxylation is 1. The number of benzene rings is 2. The van der Waals surface area contributed by atoms with Gasteiger partial charge in [-0.3, -0.25) is 14.7 Å². The first-order valence-corrected chi connectivity index (χ1v) is 12.0. The van der Waals surface area contributed by atoms with E-state index in [9.17, 15) is 9.18 Å². The van der Waals surface area contributed by atoms with Crippen molar-refractivity contribution >= 4 is 29.1 Å². The normalized spacial score (nSPS) is 20.8. The summed E-state index contributed by atoms with van der Waals surface area (Å²) in [5, 5.41) is 0.540. The molecular formula is C26H24Cl2FN3O2. The molecule has 2 atom stereocenters. The molecule has 5 rings (SSSR count). The molecule has 5 nitrogen and oxygen atoms in total. The molecule has 1 amide bonds. The third kappa shape index (κ3) is 4.43. The topological polar surface area (TPSA) is 45.7 Å². The van der Waals surface area contributed by atoms with Crippen molar-refractivity contribution in [1.29, 1.82) is 0 Å². The van der Waals surface area contributed by atoms with E-state index in [0.717, 1.165) is 28.8 Å². The van der Waals surface area contributed by atoms with Gasteiger partial charge in [-0.1, -0.05) is 41.4 Å². The molecule has 0 radical (unpaired) electrons. The van der Waals surface area contributed by atoms with Gasteiger partial charge < -0.3 is 9.64 Å². The molecule has 2 aliphatic heterocycles. The van der Waals surface area contributed by atoms with E-state index >= 15 is 0 Å². The maximum atomic E-state index is 13.5. The second-order valence-corrected chi connectivity index (χ2v) is 9.54. The molecule has 0 N–H and O–H groups in total. The Bertz CT molecular complexity index is 1240. The minimum absolute atomic E-state index is 0.0829. The van der Waals surface area contributed by atoms with Crippen molar-refractivity contribution in [3.8, 4) is 11.1 Å². The minimum atomic E-state index is -0.437. The van der Waals surface area contributed by atoms with E-state index in [1.54, 1.807) is 30.6 Å². The molecule has 2 aliphatic rings. The van der Waals surface area contributed by atoms with E-state index in [1.807, 2.05) is 30.0 Å². The maximum Gasteiger partial charge on any atom is 0.255 e. The Morgan fingerprint density at radius 3 is 2.76 bits per heavy atom. The van der Waals surface area contributed by atoms with Crippen LogP contribution < -0.4 is 0 Å². The lowest BCUT2D eigenvalue weighted by Crippen LogP contribution is -2.59. The molecule has 34 heavy (non-hydrogen) atoms. The van der Waals surface area contributed by atoms with Gasteiger partial charge in [-0.05, 0) is 42.3 Å². The summed E-state index contributed by atoms with van der Waals surface area (Å²) in [6, 6.07) is 12.3. The molecule has 0 unspecified atom stereocenters. The summed E-state index contributed by atoms with van der Waals surface area (Å²) in [6.45, 7) is 5.03. The highest BCUT2D eigenvalue weighted by molar-refractivity contribution is 6.36. The van der Waals surface area contributed by atoms with Gasteiger partial charge >= 0.3 is 0 Å². The number of aromatic nitrogens is 1. The number of morpholine rings is 1. The van der Waals surface area contributed by atoms with Gasteiger partial charge in [-0.25, -0.2) is 4.39 Å². The fourth-order valence-electron chi connectivity index (χ4n) is 4.70. The Morgan fingerprint density at radius 2 is 1.97 bits per heavy atom. The Labute approximate surface area is 208 Å². The van der Waals surface area contributed by atoms with Crippen molar-refractivity contribution in [2.24, 2.45) is 0 Å². The number of rotatable bonds is 3. The standard InChI is InChI=1S/C26H24Cl2FN3O2/c1-16-7-8-30-12-21(16)19-3-2-4-20(25(19)28)26(33)32-10-9-31-14-24(34-15-18(31)13-32)17-5-6-23(29)22(27)11-17/h2-8,11-12,18,24H,9-10,13-15H2,1H3/t18-,24-/m0/s1. The van der Waals surface area contributed by atoms with Crippen molar-refractivity contribution in [3.63, 3.8) is 0 Å². The summed E-state index contributed by atoms with van der Waals surface area (Å²) in [5.41, 5.74) is 4.12. The van der Waals surface area contributed by atoms with Crippen LogP contribution in [0.4, 0.5) is 4.39 Å². The van der Waals surface area contributed by atoms with Crippen LogP contribution in [0, 0.1) is 12.7 Å². The van der Waals surface area contributed by atoms with Crippen LogP contribution in [0.5, 0.6) is 0 Å². The largest absolute Gasteiger partial charge is 0.370 e. The molecule has 176 valence electrons. The second kappa shape index (κ2) is 9.62. The summed E-state index contributed by atoms with van der Waals surface area (Å²) in [4.78, 5) is 21.8. The predicted octanol–water partition coefficient (Wildman–Crippen LogP) is 5.40. The average Bonchev–Trinajstić information content (AvgIpc) is 2.85. The average molecular weight is 500 g/mol. The van der Waals surface area contributed by atoms with E-state index in [4.69, 9.17) is 27.9 Å². The smallest absolute Gasteiger partial charge is 0.255 e. The highest BCUT2D eigenvalue weighted by Gasteiger charge is 2.36. The molecule has 0 aliphatic carbocycles. The van der Waals surface area contributed by atoms with Gasteiger partial charge in [0, 0.05) is 49.7 Å². The number of carbonyl (C=O) groups excluding carboxylic acids is 1. The number of carbonyl (C=O) groups is 1. The fourth-order valence-corrected chi connectivity index (χ4v) is 5.20. The van der Waals surface area contributed by atoms with Crippen LogP contribution in [0.25, 0.3) is 11.1 Å². The summed E-state index contributed by atoms with van der Waals surface area (Å²) in [5.74, 6) is -0.520. The molecular weight excluding hydrogens is 476 g/mol. The zero-order chi connectivity index (χ0) is 23.8. The zero-order valence-corrected chi connectivity index (χ0v) is 20.2. The van der Waals surface area contributed by atoms with Gasteiger partial charge in [0.25, 0.3) is 5.91 Å². The van der Waals surface area contributed by atoms with Crippen molar-refractivity contribution in [2.45, 2.75) is 19.1 Å². The lowest BCUT2D eigenvalue weighted by Gasteiger charge is -2.46. The molecule has 2 aromatic carbocycles. The Morgan fingerprint density at radius 1 is 1.12 bits per heavy atom.